The van der Waals surface area contributed by atoms with E-state index in [4.69, 9.17) is 10.5 Å². The molecule has 260 valence electrons. The van der Waals surface area contributed by atoms with Gasteiger partial charge in [0.25, 0.3) is 5.91 Å². The molecule has 0 spiro atoms. The Labute approximate surface area is 278 Å². The van der Waals surface area contributed by atoms with Gasteiger partial charge in [-0.2, -0.15) is 0 Å². The molecule has 12 nitrogen and oxygen atoms in total. The van der Waals surface area contributed by atoms with Gasteiger partial charge in [-0.25, -0.2) is 9.59 Å². The van der Waals surface area contributed by atoms with Crippen molar-refractivity contribution in [3.05, 3.63) is 35.9 Å². The Morgan fingerprint density at radius 2 is 1.55 bits per heavy atom. The Morgan fingerprint density at radius 3 is 2.06 bits per heavy atom. The molecule has 1 aliphatic heterocycles. The fourth-order valence-electron chi connectivity index (χ4n) is 5.97. The molecule has 3 rings (SSSR count). The van der Waals surface area contributed by atoms with Crippen LogP contribution in [-0.4, -0.2) is 70.6 Å². The van der Waals surface area contributed by atoms with E-state index in [1.54, 1.807) is 41.5 Å². The van der Waals surface area contributed by atoms with E-state index < -0.39 is 64.6 Å². The summed E-state index contributed by atoms with van der Waals surface area (Å²) in [5.74, 6) is -3.91. The first-order chi connectivity index (χ1) is 21.9. The number of hydrogen-bond donors (Lipinski definition) is 4. The molecule has 1 aliphatic carbocycles. The van der Waals surface area contributed by atoms with E-state index in [2.05, 4.69) is 16.0 Å². The number of Topliss-reactive ketones (excluding diaryl/α,β-unsaturated/α-hetero) is 1. The molecule has 1 heterocycles. The van der Waals surface area contributed by atoms with E-state index in [9.17, 15) is 28.8 Å². The summed E-state index contributed by atoms with van der Waals surface area (Å²) in [6.45, 7) is 14.8. The van der Waals surface area contributed by atoms with Gasteiger partial charge in [-0.1, -0.05) is 91.6 Å². The van der Waals surface area contributed by atoms with E-state index in [1.165, 1.54) is 4.90 Å². The standard InChI is InChI=1S/C35H53N5O7/c1-20(2)24-16-17-40(26(24)30(43)37-25(18-22-14-15-22)27(41)29(36)42)31(44)28(34(5,6)7)38-33(46)39-35(8,21(3)4)32(45)47-19-23-12-10-9-11-13-23/h9-13,20-22,24-26,28H,14-19H2,1-8H3,(H2,36,42)(H,37,43)(H2,38,39,46)/t24?,25?,26-,28+,35-/m0/s1. The van der Waals surface area contributed by atoms with Crippen LogP contribution in [0, 0.1) is 29.1 Å². The van der Waals surface area contributed by atoms with Crippen LogP contribution in [0.2, 0.25) is 0 Å². The number of amides is 5. The summed E-state index contributed by atoms with van der Waals surface area (Å²) in [5.41, 5.74) is 3.90. The normalized spacial score (nSPS) is 20.6. The Hall–Kier alpha value is -3.96. The maximum atomic E-state index is 14.3. The monoisotopic (exact) mass is 655 g/mol. The number of ketones is 1. The molecule has 0 radical (unpaired) electrons. The maximum Gasteiger partial charge on any atom is 0.332 e. The number of carbonyl (C=O) groups excluding carboxylic acids is 6. The summed E-state index contributed by atoms with van der Waals surface area (Å²) in [6.07, 6.45) is 2.67. The van der Waals surface area contributed by atoms with E-state index in [1.807, 2.05) is 44.2 Å². The average molecular weight is 656 g/mol. The van der Waals surface area contributed by atoms with Gasteiger partial charge < -0.3 is 31.3 Å². The highest BCUT2D eigenvalue weighted by Crippen LogP contribution is 2.35. The van der Waals surface area contributed by atoms with Gasteiger partial charge in [0.15, 0.2) is 0 Å². The fourth-order valence-corrected chi connectivity index (χ4v) is 5.97. The first-order valence-electron chi connectivity index (χ1n) is 16.6. The molecule has 2 fully saturated rings. The Kier molecular flexibility index (Phi) is 12.2. The molecular weight excluding hydrogens is 602 g/mol. The highest BCUT2D eigenvalue weighted by molar-refractivity contribution is 6.37. The Balaban J connectivity index is 1.81. The van der Waals surface area contributed by atoms with Gasteiger partial charge in [-0.15, -0.1) is 0 Å². The zero-order chi connectivity index (χ0) is 35.3. The lowest BCUT2D eigenvalue weighted by Crippen LogP contribution is -2.64. The summed E-state index contributed by atoms with van der Waals surface area (Å²) in [6, 6.07) is 5.41. The second kappa shape index (κ2) is 15.3. The lowest BCUT2D eigenvalue weighted by Gasteiger charge is -2.38. The van der Waals surface area contributed by atoms with E-state index in [-0.39, 0.29) is 36.8 Å². The van der Waals surface area contributed by atoms with Gasteiger partial charge in [-0.05, 0) is 54.4 Å². The van der Waals surface area contributed by atoms with Gasteiger partial charge in [-0.3, -0.25) is 19.2 Å². The van der Waals surface area contributed by atoms with Crippen molar-refractivity contribution in [3.8, 4) is 0 Å². The first kappa shape index (κ1) is 37.5. The predicted molar refractivity (Wildman–Crippen MR) is 176 cm³/mol. The van der Waals surface area contributed by atoms with Crippen LogP contribution >= 0.6 is 0 Å². The summed E-state index contributed by atoms with van der Waals surface area (Å²) >= 11 is 0. The SMILES string of the molecule is CC(C)C1CCN(C(=O)[C@@H](NC(=O)N[C@](C)(C(=O)OCc2ccccc2)C(C)C)C(C)(C)C)[C@@H]1C(=O)NC(CC1CC1)C(=O)C(N)=O. The number of carbonyl (C=O) groups is 6. The van der Waals surface area contributed by atoms with E-state index in [0.717, 1.165) is 18.4 Å². The molecule has 1 saturated heterocycles. The molecule has 2 aliphatic rings. The Bertz CT molecular complexity index is 1320. The van der Waals surface area contributed by atoms with Crippen molar-refractivity contribution in [1.29, 1.82) is 0 Å². The van der Waals surface area contributed by atoms with Crippen LogP contribution in [0.4, 0.5) is 4.79 Å². The number of nitrogens with two attached hydrogens (primary N) is 1. The van der Waals surface area contributed by atoms with Crippen molar-refractivity contribution >= 4 is 35.5 Å². The highest BCUT2D eigenvalue weighted by Gasteiger charge is 2.48. The van der Waals surface area contributed by atoms with E-state index >= 15 is 0 Å². The number of esters is 1. The number of nitrogens with one attached hydrogen (secondary N) is 3. The van der Waals surface area contributed by atoms with Crippen molar-refractivity contribution in [2.75, 3.05) is 6.54 Å². The minimum atomic E-state index is -1.41. The van der Waals surface area contributed by atoms with Crippen LogP contribution in [0.15, 0.2) is 30.3 Å². The van der Waals surface area contributed by atoms with Crippen molar-refractivity contribution in [1.82, 2.24) is 20.9 Å². The number of ether oxygens (including phenoxy) is 1. The lowest BCUT2D eigenvalue weighted by molar-refractivity contribution is -0.153. The van der Waals surface area contributed by atoms with Crippen LogP contribution < -0.4 is 21.7 Å². The molecule has 5 amide bonds. The molecule has 0 aromatic heterocycles. The molecule has 12 heteroatoms. The zero-order valence-corrected chi connectivity index (χ0v) is 29.1. The van der Waals surface area contributed by atoms with Gasteiger partial charge in [0.2, 0.25) is 17.6 Å². The number of likely N-dealkylation sites (tertiary alicyclic amines) is 1. The van der Waals surface area contributed by atoms with Crippen molar-refractivity contribution in [2.45, 2.75) is 111 Å². The molecule has 1 aromatic carbocycles. The number of nitrogens with zero attached hydrogens (tertiary/aromatic N) is 1. The quantitative estimate of drug-likeness (QED) is 0.176. The second-order valence-corrected chi connectivity index (χ2v) is 15.0. The Morgan fingerprint density at radius 1 is 0.936 bits per heavy atom. The molecule has 2 unspecified atom stereocenters. The number of rotatable bonds is 14. The maximum absolute atomic E-state index is 14.3. The van der Waals surface area contributed by atoms with Crippen LogP contribution in [0.5, 0.6) is 0 Å². The zero-order valence-electron chi connectivity index (χ0n) is 29.1. The molecule has 5 atom stereocenters. The van der Waals surface area contributed by atoms with Gasteiger partial charge in [0, 0.05) is 6.54 Å². The van der Waals surface area contributed by atoms with Crippen molar-refractivity contribution in [3.63, 3.8) is 0 Å². The van der Waals surface area contributed by atoms with Crippen LogP contribution in [0.25, 0.3) is 0 Å². The molecular formula is C35H53N5O7. The minimum absolute atomic E-state index is 0.0234. The third-order valence-electron chi connectivity index (χ3n) is 9.55. The minimum Gasteiger partial charge on any atom is -0.459 e. The number of urea groups is 1. The van der Waals surface area contributed by atoms with Gasteiger partial charge in [0.05, 0.1) is 6.04 Å². The number of primary amides is 1. The molecule has 0 bridgehead atoms. The van der Waals surface area contributed by atoms with Crippen LogP contribution in [-0.2, 0) is 35.3 Å². The fraction of sp³-hybridized carbons (Fsp3) is 0.657. The van der Waals surface area contributed by atoms with Crippen LogP contribution in [0.3, 0.4) is 0 Å². The summed E-state index contributed by atoms with van der Waals surface area (Å²) in [7, 11) is 0. The average Bonchev–Trinajstić information content (AvgIpc) is 3.70. The van der Waals surface area contributed by atoms with Gasteiger partial charge >= 0.3 is 12.0 Å². The second-order valence-electron chi connectivity index (χ2n) is 15.0. The summed E-state index contributed by atoms with van der Waals surface area (Å²) in [5, 5.41) is 8.29. The largest absolute Gasteiger partial charge is 0.459 e. The number of benzene rings is 1. The third kappa shape index (κ3) is 9.54. The van der Waals surface area contributed by atoms with E-state index in [0.29, 0.717) is 12.8 Å². The van der Waals surface area contributed by atoms with Crippen LogP contribution in [0.1, 0.15) is 86.6 Å². The summed E-state index contributed by atoms with van der Waals surface area (Å²) < 4.78 is 5.57. The van der Waals surface area contributed by atoms with Gasteiger partial charge in [0.1, 0.15) is 24.2 Å². The van der Waals surface area contributed by atoms with Crippen molar-refractivity contribution in [2.24, 2.45) is 34.8 Å². The lowest BCUT2D eigenvalue weighted by atomic mass is 9.84. The smallest absolute Gasteiger partial charge is 0.332 e. The number of hydrogen-bond acceptors (Lipinski definition) is 7. The summed E-state index contributed by atoms with van der Waals surface area (Å²) in [4.78, 5) is 80.8. The highest BCUT2D eigenvalue weighted by atomic mass is 16.5. The molecule has 1 saturated carbocycles. The predicted octanol–water partition coefficient (Wildman–Crippen LogP) is 3.07. The third-order valence-corrected chi connectivity index (χ3v) is 9.55. The first-order valence-corrected chi connectivity index (χ1v) is 16.6. The molecule has 47 heavy (non-hydrogen) atoms. The topological polar surface area (TPSA) is 177 Å². The molecule has 5 N–H and O–H groups in total. The molecule has 1 aromatic rings. The van der Waals surface area contributed by atoms with Crippen molar-refractivity contribution < 1.29 is 33.5 Å².